The van der Waals surface area contributed by atoms with E-state index in [1.54, 1.807) is 12.1 Å². The second-order valence-corrected chi connectivity index (χ2v) is 4.70. The number of hydrogen-bond acceptors (Lipinski definition) is 2. The molecule has 0 saturated carbocycles. The van der Waals surface area contributed by atoms with Crippen LogP contribution < -0.4 is 5.32 Å². The number of carbonyl (C=O) groups excluding carboxylic acids is 1. The predicted molar refractivity (Wildman–Crippen MR) is 60.5 cm³/mol. The van der Waals surface area contributed by atoms with Crippen LogP contribution in [0, 0.1) is 5.82 Å². The fraction of sp³-hybridized carbons (Fsp3) is 0.364. The molecule has 1 heterocycles. The molecule has 1 aliphatic rings. The van der Waals surface area contributed by atoms with Crippen LogP contribution in [0.5, 0.6) is 0 Å². The number of carbonyl (C=O) groups is 1. The Morgan fingerprint density at radius 3 is 2.88 bits per heavy atom. The molecular weight excluding hydrogens is 277 g/mol. The van der Waals surface area contributed by atoms with Crippen molar-refractivity contribution in [2.45, 2.75) is 18.4 Å². The zero-order chi connectivity index (χ0) is 11.7. The second-order valence-electron chi connectivity index (χ2n) is 3.85. The van der Waals surface area contributed by atoms with Gasteiger partial charge in [-0.3, -0.25) is 4.79 Å². The molecular formula is C11H11BrFNO2. The van der Waals surface area contributed by atoms with Crippen molar-refractivity contribution in [3.05, 3.63) is 34.1 Å². The summed E-state index contributed by atoms with van der Waals surface area (Å²) in [5.74, 6) is -0.890. The van der Waals surface area contributed by atoms with Crippen LogP contribution in [-0.4, -0.2) is 23.7 Å². The molecule has 0 spiro atoms. The van der Waals surface area contributed by atoms with Crippen LogP contribution in [0.15, 0.2) is 22.7 Å². The molecule has 1 aromatic rings. The van der Waals surface area contributed by atoms with E-state index in [2.05, 4.69) is 21.2 Å². The lowest BCUT2D eigenvalue weighted by molar-refractivity contribution is -0.120. The predicted octanol–water partition coefficient (Wildman–Crippen LogP) is 1.55. The summed E-state index contributed by atoms with van der Waals surface area (Å²) < 4.78 is 13.7. The van der Waals surface area contributed by atoms with Gasteiger partial charge < -0.3 is 10.4 Å². The molecule has 0 radical (unpaired) electrons. The number of hydrogen-bond donors (Lipinski definition) is 2. The first-order chi connectivity index (χ1) is 7.61. The summed E-state index contributed by atoms with van der Waals surface area (Å²) in [4.78, 5) is 11.6. The van der Waals surface area contributed by atoms with E-state index in [0.29, 0.717) is 16.5 Å². The molecule has 1 aromatic carbocycles. The van der Waals surface area contributed by atoms with Gasteiger partial charge in [-0.05, 0) is 40.0 Å². The van der Waals surface area contributed by atoms with Crippen LogP contribution in [0.1, 0.15) is 17.9 Å². The third kappa shape index (κ3) is 2.10. The lowest BCUT2D eigenvalue weighted by atomic mass is 9.96. The Bertz CT molecular complexity index is 424. The Balaban J connectivity index is 2.24. The minimum atomic E-state index is -0.377. The van der Waals surface area contributed by atoms with E-state index in [-0.39, 0.29) is 30.3 Å². The summed E-state index contributed by atoms with van der Waals surface area (Å²) in [6.07, 6.45) is 0.510. The Labute approximate surface area is 101 Å². The van der Waals surface area contributed by atoms with Crippen molar-refractivity contribution in [2.75, 3.05) is 6.61 Å². The highest BCUT2D eigenvalue weighted by molar-refractivity contribution is 9.10. The van der Waals surface area contributed by atoms with E-state index in [4.69, 9.17) is 5.11 Å². The zero-order valence-corrected chi connectivity index (χ0v) is 10.00. The molecule has 1 amide bonds. The van der Waals surface area contributed by atoms with Crippen molar-refractivity contribution >= 4 is 21.8 Å². The van der Waals surface area contributed by atoms with Gasteiger partial charge in [0.25, 0.3) is 0 Å². The van der Waals surface area contributed by atoms with Gasteiger partial charge in [-0.2, -0.15) is 0 Å². The molecule has 2 rings (SSSR count). The molecule has 2 N–H and O–H groups in total. The number of nitrogens with one attached hydrogen (secondary N) is 1. The van der Waals surface area contributed by atoms with Crippen molar-refractivity contribution in [3.63, 3.8) is 0 Å². The quantitative estimate of drug-likeness (QED) is 0.867. The fourth-order valence-electron chi connectivity index (χ4n) is 1.89. The first-order valence-corrected chi connectivity index (χ1v) is 5.77. The Morgan fingerprint density at radius 1 is 1.56 bits per heavy atom. The lowest BCUT2D eigenvalue weighted by Gasteiger charge is -2.07. The van der Waals surface area contributed by atoms with Crippen molar-refractivity contribution in [1.29, 1.82) is 0 Å². The van der Waals surface area contributed by atoms with Crippen LogP contribution in [0.2, 0.25) is 0 Å². The van der Waals surface area contributed by atoms with Gasteiger partial charge in [0.05, 0.1) is 23.0 Å². The number of rotatable bonds is 2. The van der Waals surface area contributed by atoms with Crippen molar-refractivity contribution in [3.8, 4) is 0 Å². The summed E-state index contributed by atoms with van der Waals surface area (Å²) >= 11 is 3.06. The topological polar surface area (TPSA) is 49.3 Å². The van der Waals surface area contributed by atoms with Gasteiger partial charge in [0.1, 0.15) is 5.82 Å². The van der Waals surface area contributed by atoms with Crippen molar-refractivity contribution in [2.24, 2.45) is 0 Å². The van der Waals surface area contributed by atoms with Crippen LogP contribution >= 0.6 is 15.9 Å². The van der Waals surface area contributed by atoms with E-state index in [1.807, 2.05) is 0 Å². The highest BCUT2D eigenvalue weighted by Gasteiger charge is 2.32. The van der Waals surface area contributed by atoms with E-state index in [9.17, 15) is 9.18 Å². The van der Waals surface area contributed by atoms with Gasteiger partial charge >= 0.3 is 0 Å². The average Bonchev–Trinajstić information content (AvgIpc) is 2.64. The summed E-state index contributed by atoms with van der Waals surface area (Å²) in [6.45, 7) is -0.0821. The van der Waals surface area contributed by atoms with Gasteiger partial charge in [0.15, 0.2) is 0 Å². The highest BCUT2D eigenvalue weighted by atomic mass is 79.9. The summed E-state index contributed by atoms with van der Waals surface area (Å²) in [7, 11) is 0. The maximum atomic E-state index is 13.3. The molecule has 1 aliphatic heterocycles. The van der Waals surface area contributed by atoms with Crippen LogP contribution in [0.4, 0.5) is 4.39 Å². The van der Waals surface area contributed by atoms with E-state index in [1.165, 1.54) is 6.07 Å². The fourth-order valence-corrected chi connectivity index (χ4v) is 2.14. The standard InChI is InChI=1S/C11H11BrFNO2/c12-9-2-1-6(3-10(9)13)8-4-7(5-15)14-11(8)16/h1-3,7-8,15H,4-5H2,(H,14,16)/t7-,8?/m1/s1. The monoisotopic (exact) mass is 287 g/mol. The molecule has 16 heavy (non-hydrogen) atoms. The SMILES string of the molecule is O=C1N[C@@H](CO)CC1c1ccc(Br)c(F)c1. The van der Waals surface area contributed by atoms with Gasteiger partial charge in [-0.25, -0.2) is 4.39 Å². The van der Waals surface area contributed by atoms with Crippen molar-refractivity contribution < 1.29 is 14.3 Å². The van der Waals surface area contributed by atoms with E-state index in [0.717, 1.165) is 0 Å². The molecule has 86 valence electrons. The van der Waals surface area contributed by atoms with Gasteiger partial charge in [0, 0.05) is 0 Å². The number of aliphatic hydroxyl groups excluding tert-OH is 1. The molecule has 1 unspecified atom stereocenters. The average molecular weight is 288 g/mol. The molecule has 0 bridgehead atoms. The lowest BCUT2D eigenvalue weighted by Crippen LogP contribution is -2.28. The van der Waals surface area contributed by atoms with Crippen LogP contribution in [0.25, 0.3) is 0 Å². The van der Waals surface area contributed by atoms with Crippen LogP contribution in [0.3, 0.4) is 0 Å². The molecule has 2 atom stereocenters. The molecule has 1 saturated heterocycles. The Morgan fingerprint density at radius 2 is 2.31 bits per heavy atom. The summed E-state index contributed by atoms with van der Waals surface area (Å²) in [6, 6.07) is 4.44. The molecule has 5 heteroatoms. The van der Waals surface area contributed by atoms with Gasteiger partial charge in [-0.1, -0.05) is 6.07 Å². The minimum Gasteiger partial charge on any atom is -0.394 e. The maximum absolute atomic E-state index is 13.3. The number of benzene rings is 1. The van der Waals surface area contributed by atoms with Crippen molar-refractivity contribution in [1.82, 2.24) is 5.32 Å². The highest BCUT2D eigenvalue weighted by Crippen LogP contribution is 2.29. The third-order valence-corrected chi connectivity index (χ3v) is 3.39. The van der Waals surface area contributed by atoms with E-state index >= 15 is 0 Å². The first-order valence-electron chi connectivity index (χ1n) is 4.98. The van der Waals surface area contributed by atoms with Gasteiger partial charge in [0.2, 0.25) is 5.91 Å². The minimum absolute atomic E-state index is 0.0821. The number of aliphatic hydroxyl groups is 1. The largest absolute Gasteiger partial charge is 0.394 e. The molecule has 1 fully saturated rings. The Kier molecular flexibility index (Phi) is 3.25. The first kappa shape index (κ1) is 11.5. The molecule has 0 aromatic heterocycles. The number of amides is 1. The maximum Gasteiger partial charge on any atom is 0.227 e. The second kappa shape index (κ2) is 4.51. The van der Waals surface area contributed by atoms with Crippen LogP contribution in [-0.2, 0) is 4.79 Å². The van der Waals surface area contributed by atoms with Gasteiger partial charge in [-0.15, -0.1) is 0 Å². The summed E-state index contributed by atoms with van der Waals surface area (Å²) in [5, 5.41) is 11.6. The normalized spacial score (nSPS) is 24.6. The van der Waals surface area contributed by atoms with E-state index < -0.39 is 0 Å². The third-order valence-electron chi connectivity index (χ3n) is 2.75. The molecule has 0 aliphatic carbocycles. The molecule has 3 nitrogen and oxygen atoms in total. The Hall–Kier alpha value is -0.940. The zero-order valence-electron chi connectivity index (χ0n) is 8.41. The summed E-state index contributed by atoms with van der Waals surface area (Å²) in [5.41, 5.74) is 0.647. The smallest absolute Gasteiger partial charge is 0.227 e. The number of halogens is 2.